The van der Waals surface area contributed by atoms with E-state index in [1.165, 1.54) is 12.4 Å². The van der Waals surface area contributed by atoms with Crippen LogP contribution in [0.4, 0.5) is 0 Å². The van der Waals surface area contributed by atoms with Crippen LogP contribution in [-0.4, -0.2) is 26.0 Å². The third-order valence-corrected chi connectivity index (χ3v) is 2.48. The van der Waals surface area contributed by atoms with Crippen LogP contribution < -0.4 is 4.74 Å². The molecule has 0 aromatic carbocycles. The molecule has 98 valence electrons. The van der Waals surface area contributed by atoms with Crippen LogP contribution in [0.3, 0.4) is 0 Å². The molecule has 0 bridgehead atoms. The SMILES string of the molecule is CCc1nc(C)ccc1Oc1nccnc1C(=O)O. The molecule has 19 heavy (non-hydrogen) atoms. The van der Waals surface area contributed by atoms with Crippen LogP contribution in [0.2, 0.25) is 0 Å². The molecule has 0 aliphatic carbocycles. The number of carboxylic acids is 1. The molecule has 0 amide bonds. The van der Waals surface area contributed by atoms with Gasteiger partial charge in [-0.2, -0.15) is 0 Å². The van der Waals surface area contributed by atoms with Crippen LogP contribution in [0.1, 0.15) is 28.8 Å². The Morgan fingerprint density at radius 3 is 2.74 bits per heavy atom. The van der Waals surface area contributed by atoms with Crippen LogP contribution in [0, 0.1) is 6.92 Å². The second-order valence-electron chi connectivity index (χ2n) is 3.87. The Morgan fingerprint density at radius 2 is 2.05 bits per heavy atom. The van der Waals surface area contributed by atoms with Crippen LogP contribution in [0.5, 0.6) is 11.6 Å². The van der Waals surface area contributed by atoms with Gasteiger partial charge in [0.25, 0.3) is 5.88 Å². The van der Waals surface area contributed by atoms with E-state index in [4.69, 9.17) is 9.84 Å². The van der Waals surface area contributed by atoms with Gasteiger partial charge in [0, 0.05) is 18.1 Å². The molecular formula is C13H13N3O3. The molecule has 6 nitrogen and oxygen atoms in total. The van der Waals surface area contributed by atoms with Gasteiger partial charge in [-0.3, -0.25) is 4.98 Å². The van der Waals surface area contributed by atoms with Gasteiger partial charge >= 0.3 is 5.97 Å². The van der Waals surface area contributed by atoms with Crippen molar-refractivity contribution in [3.63, 3.8) is 0 Å². The largest absolute Gasteiger partial charge is 0.476 e. The monoisotopic (exact) mass is 259 g/mol. The fraction of sp³-hybridized carbons (Fsp3) is 0.231. The number of aromatic carboxylic acids is 1. The average molecular weight is 259 g/mol. The number of nitrogens with zero attached hydrogens (tertiary/aromatic N) is 3. The van der Waals surface area contributed by atoms with Gasteiger partial charge in [-0.1, -0.05) is 6.92 Å². The smallest absolute Gasteiger partial charge is 0.360 e. The number of pyridine rings is 1. The zero-order chi connectivity index (χ0) is 13.8. The highest BCUT2D eigenvalue weighted by Gasteiger charge is 2.16. The first kappa shape index (κ1) is 12.9. The van der Waals surface area contributed by atoms with Gasteiger partial charge in [-0.25, -0.2) is 14.8 Å². The van der Waals surface area contributed by atoms with E-state index in [0.29, 0.717) is 12.2 Å². The maximum Gasteiger partial charge on any atom is 0.360 e. The summed E-state index contributed by atoms with van der Waals surface area (Å²) in [5.41, 5.74) is 1.41. The molecule has 2 aromatic heterocycles. The van der Waals surface area contributed by atoms with Gasteiger partial charge in [0.2, 0.25) is 5.69 Å². The third-order valence-electron chi connectivity index (χ3n) is 2.48. The Kier molecular flexibility index (Phi) is 3.70. The molecule has 0 radical (unpaired) electrons. The van der Waals surface area contributed by atoms with Crippen molar-refractivity contribution in [3.8, 4) is 11.6 Å². The summed E-state index contributed by atoms with van der Waals surface area (Å²) in [6.45, 7) is 3.83. The number of rotatable bonds is 4. The van der Waals surface area contributed by atoms with Gasteiger partial charge in [0.15, 0.2) is 5.75 Å². The fourth-order valence-corrected chi connectivity index (χ4v) is 1.59. The first-order chi connectivity index (χ1) is 9.11. The van der Waals surface area contributed by atoms with Gasteiger partial charge in [0.05, 0.1) is 5.69 Å². The van der Waals surface area contributed by atoms with Crippen molar-refractivity contribution in [2.45, 2.75) is 20.3 Å². The van der Waals surface area contributed by atoms with E-state index >= 15 is 0 Å². The molecular weight excluding hydrogens is 246 g/mol. The van der Waals surface area contributed by atoms with E-state index in [9.17, 15) is 4.79 Å². The van der Waals surface area contributed by atoms with Crippen LogP contribution in [0.15, 0.2) is 24.5 Å². The first-order valence-electron chi connectivity index (χ1n) is 5.80. The Labute approximate surface area is 110 Å². The molecule has 0 spiro atoms. The third kappa shape index (κ3) is 2.85. The minimum absolute atomic E-state index is 0.0321. The molecule has 0 unspecified atom stereocenters. The van der Waals surface area contributed by atoms with E-state index in [2.05, 4.69) is 15.0 Å². The van der Waals surface area contributed by atoms with Gasteiger partial charge in [0.1, 0.15) is 0 Å². The summed E-state index contributed by atoms with van der Waals surface area (Å²) in [6, 6.07) is 3.55. The number of hydrogen-bond acceptors (Lipinski definition) is 5. The van der Waals surface area contributed by atoms with Crippen molar-refractivity contribution in [3.05, 3.63) is 41.6 Å². The van der Waals surface area contributed by atoms with Gasteiger partial charge in [-0.15, -0.1) is 0 Å². The fourth-order valence-electron chi connectivity index (χ4n) is 1.59. The normalized spacial score (nSPS) is 10.2. The molecule has 1 N–H and O–H groups in total. The standard InChI is InChI=1S/C13H13N3O3/c1-3-9-10(5-4-8(2)16-9)19-12-11(13(17)18)14-6-7-15-12/h4-7H,3H2,1-2H3,(H,17,18). The summed E-state index contributed by atoms with van der Waals surface area (Å²) in [6.07, 6.45) is 3.37. The number of ether oxygens (including phenoxy) is 1. The lowest BCUT2D eigenvalue weighted by Gasteiger charge is -2.10. The number of carboxylic acid groups (broad SMARTS) is 1. The molecule has 6 heteroatoms. The topological polar surface area (TPSA) is 85.2 Å². The number of carbonyl (C=O) groups is 1. The summed E-state index contributed by atoms with van der Waals surface area (Å²) in [5.74, 6) is -0.715. The molecule has 0 saturated carbocycles. The van der Waals surface area contributed by atoms with Crippen LogP contribution >= 0.6 is 0 Å². The van der Waals surface area contributed by atoms with E-state index in [-0.39, 0.29) is 11.6 Å². The lowest BCUT2D eigenvalue weighted by molar-refractivity contribution is 0.0686. The summed E-state index contributed by atoms with van der Waals surface area (Å²) in [4.78, 5) is 23.0. The highest BCUT2D eigenvalue weighted by atomic mass is 16.5. The second-order valence-corrected chi connectivity index (χ2v) is 3.87. The second kappa shape index (κ2) is 5.43. The van der Waals surface area contributed by atoms with Gasteiger partial charge in [-0.05, 0) is 25.5 Å². The van der Waals surface area contributed by atoms with E-state index in [1.54, 1.807) is 12.1 Å². The lowest BCUT2D eigenvalue weighted by Crippen LogP contribution is -2.05. The van der Waals surface area contributed by atoms with Crippen molar-refractivity contribution in [1.82, 2.24) is 15.0 Å². The molecule has 2 heterocycles. The Hall–Kier alpha value is -2.50. The molecule has 0 atom stereocenters. The van der Waals surface area contributed by atoms with Crippen molar-refractivity contribution in [2.75, 3.05) is 0 Å². The van der Waals surface area contributed by atoms with Crippen molar-refractivity contribution in [2.24, 2.45) is 0 Å². The van der Waals surface area contributed by atoms with Crippen LogP contribution in [-0.2, 0) is 6.42 Å². The maximum atomic E-state index is 11.0. The predicted molar refractivity (Wildman–Crippen MR) is 67.4 cm³/mol. The van der Waals surface area contributed by atoms with E-state index < -0.39 is 5.97 Å². The first-order valence-corrected chi connectivity index (χ1v) is 5.80. The Balaban J connectivity index is 2.39. The lowest BCUT2D eigenvalue weighted by atomic mass is 10.2. The summed E-state index contributed by atoms with van der Waals surface area (Å²) in [5, 5.41) is 9.02. The van der Waals surface area contributed by atoms with Crippen LogP contribution in [0.25, 0.3) is 0 Å². The highest BCUT2D eigenvalue weighted by molar-refractivity contribution is 5.87. The van der Waals surface area contributed by atoms with E-state index in [0.717, 1.165) is 11.4 Å². The van der Waals surface area contributed by atoms with Crippen molar-refractivity contribution < 1.29 is 14.6 Å². The average Bonchev–Trinajstić information content (AvgIpc) is 2.41. The van der Waals surface area contributed by atoms with Gasteiger partial charge < -0.3 is 9.84 Å². The highest BCUT2D eigenvalue weighted by Crippen LogP contribution is 2.25. The molecule has 0 aliphatic rings. The zero-order valence-corrected chi connectivity index (χ0v) is 10.6. The molecule has 0 saturated heterocycles. The molecule has 0 fully saturated rings. The minimum atomic E-state index is -1.18. The van der Waals surface area contributed by atoms with E-state index in [1.807, 2.05) is 13.8 Å². The van der Waals surface area contributed by atoms with Crippen molar-refractivity contribution in [1.29, 1.82) is 0 Å². The number of hydrogen-bond donors (Lipinski definition) is 1. The summed E-state index contributed by atoms with van der Waals surface area (Å²) in [7, 11) is 0. The molecule has 2 aromatic rings. The van der Waals surface area contributed by atoms with Crippen molar-refractivity contribution >= 4 is 5.97 Å². The quantitative estimate of drug-likeness (QED) is 0.906. The molecule has 0 aliphatic heterocycles. The summed E-state index contributed by atoms with van der Waals surface area (Å²) >= 11 is 0. The predicted octanol–water partition coefficient (Wildman–Crippen LogP) is 2.23. The number of aromatic nitrogens is 3. The summed E-state index contributed by atoms with van der Waals surface area (Å²) < 4.78 is 5.53. The zero-order valence-electron chi connectivity index (χ0n) is 10.6. The number of aryl methyl sites for hydroxylation is 2. The maximum absolute atomic E-state index is 11.0. The Morgan fingerprint density at radius 1 is 1.32 bits per heavy atom. The Bertz CT molecular complexity index is 614. The molecule has 2 rings (SSSR count). The minimum Gasteiger partial charge on any atom is -0.476 e.